The fourth-order valence-electron chi connectivity index (χ4n) is 0. The van der Waals surface area contributed by atoms with Crippen molar-refractivity contribution in [2.75, 3.05) is 0 Å². The first kappa shape index (κ1) is 16.2. The van der Waals surface area contributed by atoms with E-state index in [1.807, 2.05) is 19.8 Å². The summed E-state index contributed by atoms with van der Waals surface area (Å²) in [7, 11) is 0. The van der Waals surface area contributed by atoms with E-state index in [4.69, 9.17) is 3.25 Å². The van der Waals surface area contributed by atoms with E-state index in [0.29, 0.717) is 21.0 Å². The minimum atomic E-state index is 0. The smallest absolute Gasteiger partial charge is 0 e. The van der Waals surface area contributed by atoms with E-state index in [-0.39, 0.29) is 18.6 Å². The second kappa shape index (κ2) is 15.8. The molecule has 0 aromatic heterocycles. The maximum absolute atomic E-state index is 8.30. The Kier molecular flexibility index (Phi) is 36.4. The second-order valence-corrected chi connectivity index (χ2v) is 5.54. The summed E-state index contributed by atoms with van der Waals surface area (Å²) in [6.45, 7) is 3.58. The van der Waals surface area contributed by atoms with Crippen LogP contribution in [-0.4, -0.2) is 22.3 Å². The van der Waals surface area contributed by atoms with Crippen LogP contribution in [0.25, 0.3) is 0 Å². The quantitative estimate of drug-likeness (QED) is 0.505. The fourth-order valence-corrected chi connectivity index (χ4v) is 0. The van der Waals surface area contributed by atoms with Crippen molar-refractivity contribution in [1.29, 1.82) is 0 Å². The summed E-state index contributed by atoms with van der Waals surface area (Å²) in [5, 5.41) is 0. The molecule has 0 aliphatic rings. The summed E-state index contributed by atoms with van der Waals surface area (Å²) in [5.74, 6) is 0. The molecule has 5 heteroatoms. The predicted molar refractivity (Wildman–Crippen MR) is 17.0 cm³/mol. The van der Waals surface area contributed by atoms with Gasteiger partial charge in [0.25, 0.3) is 0 Å². The van der Waals surface area contributed by atoms with Gasteiger partial charge in [-0.05, 0) is 0 Å². The van der Waals surface area contributed by atoms with Crippen molar-refractivity contribution in [3.05, 3.63) is 8.59 Å². The minimum Gasteiger partial charge on any atom is 0 e. The van der Waals surface area contributed by atoms with Gasteiger partial charge in [-0.2, -0.15) is 0 Å². The number of hydrogen-bond donors (Lipinski definition) is 0. The van der Waals surface area contributed by atoms with E-state index in [9.17, 15) is 0 Å². The van der Waals surface area contributed by atoms with Gasteiger partial charge in [0.05, 0.1) is 0 Å². The van der Waals surface area contributed by atoms with Crippen LogP contribution in [0, 0.1) is 0 Å². The van der Waals surface area contributed by atoms with Crippen LogP contribution in [0.3, 0.4) is 0 Å². The Hall–Kier alpha value is 2.34. The molecule has 1 nitrogen and oxygen atoms in total. The molecule has 0 fully saturated rings. The molecule has 1 radical (unpaired) electrons. The van der Waals surface area contributed by atoms with Crippen LogP contribution in [0.2, 0.25) is 0 Å². The van der Waals surface area contributed by atoms with Crippen LogP contribution in [0.15, 0.2) is 8.59 Å². The molecule has 0 aromatic rings. The monoisotopic (exact) mass is 415 g/mol. The summed E-state index contributed by atoms with van der Waals surface area (Å²) >= 11 is 4.12. The van der Waals surface area contributed by atoms with Gasteiger partial charge in [-0.3, -0.25) is 0 Å². The van der Waals surface area contributed by atoms with Crippen molar-refractivity contribution in [2.24, 2.45) is 0 Å². The summed E-state index contributed by atoms with van der Waals surface area (Å²) in [4.78, 5) is 0. The molecule has 0 amide bonds. The van der Waals surface area contributed by atoms with E-state index in [1.165, 1.54) is 2.01 Å². The van der Waals surface area contributed by atoms with Crippen molar-refractivity contribution in [1.82, 2.24) is 0 Å². The van der Waals surface area contributed by atoms with Crippen LogP contribution in [-0.2, 0) is 62.7 Å². The fraction of sp³-hybridized carbons (Fsp3) is 0. The molecule has 39 valence electrons. The maximum atomic E-state index is 8.30. The van der Waals surface area contributed by atoms with Crippen molar-refractivity contribution in [2.45, 2.75) is 0 Å². The summed E-state index contributed by atoms with van der Waals surface area (Å²) in [6.07, 6.45) is 0. The van der Waals surface area contributed by atoms with Crippen LogP contribution >= 0.6 is 0 Å². The van der Waals surface area contributed by atoms with Gasteiger partial charge < -0.3 is 0 Å². The van der Waals surface area contributed by atoms with Crippen LogP contribution in [0.5, 0.6) is 0 Å². The van der Waals surface area contributed by atoms with Gasteiger partial charge >= 0.3 is 75.0 Å². The van der Waals surface area contributed by atoms with Crippen LogP contribution < -0.4 is 0 Å². The van der Waals surface area contributed by atoms with Gasteiger partial charge in [0, 0.05) is 18.6 Å². The standard InChI is InChI=1S/C2H3Te.Mo.Nb.O.V/c1-2-3;;;;/h3H,1H2;;;;. The van der Waals surface area contributed by atoms with Gasteiger partial charge in [0.2, 0.25) is 0 Å². The Morgan fingerprint density at radius 3 is 1.71 bits per heavy atom. The Labute approximate surface area is 92.0 Å². The van der Waals surface area contributed by atoms with Crippen LogP contribution in [0.4, 0.5) is 0 Å². The molecule has 0 aliphatic heterocycles. The Balaban J connectivity index is -0.0000000480. The van der Waals surface area contributed by atoms with Gasteiger partial charge in [0.1, 0.15) is 0 Å². The molecule has 0 atom stereocenters. The predicted octanol–water partition coefficient (Wildman–Crippen LogP) is -0.219. The van der Waals surface area contributed by atoms with Crippen LogP contribution in [0.1, 0.15) is 0 Å². The normalized spacial score (nSPS) is 4.00. The van der Waals surface area contributed by atoms with Crippen molar-refractivity contribution in [3.63, 3.8) is 0 Å². The van der Waals surface area contributed by atoms with E-state index in [1.54, 1.807) is 22.3 Å². The zero-order valence-electron chi connectivity index (χ0n) is 3.37. The SMILES string of the molecule is C=[C]([Mo])[TeH].[O]=[Nb].[V]. The summed E-state index contributed by atoms with van der Waals surface area (Å²) < 4.78 is 9.53. The average molecular weight is 410 g/mol. The van der Waals surface area contributed by atoms with E-state index in [0.717, 1.165) is 0 Å². The molecule has 0 rings (SSSR count). The Bertz CT molecular complexity index is 49.0. The maximum Gasteiger partial charge on any atom is 0 e. The molecule has 0 aromatic carbocycles. The third-order valence-electron chi connectivity index (χ3n) is 0. The van der Waals surface area contributed by atoms with Crippen molar-refractivity contribution in [3.8, 4) is 0 Å². The first-order valence-corrected chi connectivity index (χ1v) is 4.14. The first-order valence-electron chi connectivity index (χ1n) is 0.964. The molecular weight excluding hydrogens is 407 g/mol. The molecule has 0 aliphatic carbocycles. The molecule has 0 heterocycles. The molecule has 0 N–H and O–H groups in total. The van der Waals surface area contributed by atoms with E-state index < -0.39 is 0 Å². The third kappa shape index (κ3) is 61.2. The van der Waals surface area contributed by atoms with E-state index >= 15 is 0 Å². The van der Waals surface area contributed by atoms with Gasteiger partial charge in [-0.1, -0.05) is 0 Å². The van der Waals surface area contributed by atoms with Crippen molar-refractivity contribution >= 4 is 22.3 Å². The summed E-state index contributed by atoms with van der Waals surface area (Å²) in [5.41, 5.74) is 0. The van der Waals surface area contributed by atoms with Gasteiger partial charge in [-0.15, -0.1) is 0 Å². The topological polar surface area (TPSA) is 17.1 Å². The number of hydrogen-bond acceptors (Lipinski definition) is 1. The Morgan fingerprint density at radius 2 is 1.71 bits per heavy atom. The molecule has 7 heavy (non-hydrogen) atoms. The van der Waals surface area contributed by atoms with Gasteiger partial charge in [-0.25, -0.2) is 0 Å². The number of rotatable bonds is 0. The molecule has 0 saturated heterocycles. The molecular formula is C2H3MoNbOTeV. The molecule has 0 bridgehead atoms. The zero-order chi connectivity index (χ0) is 5.58. The average Bonchev–Trinajstić information content (AvgIpc) is 1.41. The first-order chi connectivity index (χ1) is 2.73. The second-order valence-electron chi connectivity index (χ2n) is 0.394. The Morgan fingerprint density at radius 1 is 1.71 bits per heavy atom. The van der Waals surface area contributed by atoms with Gasteiger partial charge in [0.15, 0.2) is 0 Å². The zero-order valence-corrected chi connectivity index (χ0v) is 11.5. The summed E-state index contributed by atoms with van der Waals surface area (Å²) in [6, 6.07) is 0. The van der Waals surface area contributed by atoms with E-state index in [2.05, 4.69) is 6.58 Å². The third-order valence-corrected chi connectivity index (χ3v) is 0. The largest absolute Gasteiger partial charge is 0 e. The van der Waals surface area contributed by atoms with Crippen molar-refractivity contribution < 1.29 is 62.7 Å². The molecule has 0 unspecified atom stereocenters. The minimum absolute atomic E-state index is 0. The molecule has 0 spiro atoms. The molecule has 0 saturated carbocycles.